The maximum absolute atomic E-state index is 12.5. The van der Waals surface area contributed by atoms with Gasteiger partial charge in [0, 0.05) is 13.1 Å². The number of anilines is 1. The SMILES string of the molecule is O=C(NCc1ccccc1)C(=O)Nc1ccccc1C(=O)NCc1ccccc1. The average molecular weight is 387 g/mol. The number of amides is 3. The van der Waals surface area contributed by atoms with Gasteiger partial charge in [0.2, 0.25) is 0 Å². The lowest BCUT2D eigenvalue weighted by Gasteiger charge is -2.11. The molecule has 0 spiro atoms. The van der Waals surface area contributed by atoms with Crippen LogP contribution in [0, 0.1) is 0 Å². The van der Waals surface area contributed by atoms with E-state index in [9.17, 15) is 14.4 Å². The molecule has 3 amide bonds. The number of benzene rings is 3. The summed E-state index contributed by atoms with van der Waals surface area (Å²) >= 11 is 0. The van der Waals surface area contributed by atoms with Crippen molar-refractivity contribution in [1.82, 2.24) is 10.6 Å². The number of nitrogens with one attached hydrogen (secondary N) is 3. The first kappa shape index (κ1) is 19.8. The molecule has 0 unspecified atom stereocenters. The first-order valence-corrected chi connectivity index (χ1v) is 9.18. The van der Waals surface area contributed by atoms with E-state index in [1.807, 2.05) is 60.7 Å². The van der Waals surface area contributed by atoms with Crippen LogP contribution in [0.3, 0.4) is 0 Å². The lowest BCUT2D eigenvalue weighted by molar-refractivity contribution is -0.136. The van der Waals surface area contributed by atoms with Crippen molar-refractivity contribution in [3.63, 3.8) is 0 Å². The molecule has 6 nitrogen and oxygen atoms in total. The van der Waals surface area contributed by atoms with E-state index in [2.05, 4.69) is 16.0 Å². The minimum atomic E-state index is -0.829. The Morgan fingerprint density at radius 3 is 1.72 bits per heavy atom. The molecule has 6 heteroatoms. The van der Waals surface area contributed by atoms with E-state index in [0.29, 0.717) is 6.54 Å². The Morgan fingerprint density at radius 2 is 1.10 bits per heavy atom. The molecule has 146 valence electrons. The van der Waals surface area contributed by atoms with Gasteiger partial charge in [-0.3, -0.25) is 14.4 Å². The molecular formula is C23H21N3O3. The zero-order valence-corrected chi connectivity index (χ0v) is 15.7. The molecule has 0 bridgehead atoms. The normalized spacial score (nSPS) is 10.1. The smallest absolute Gasteiger partial charge is 0.313 e. The summed E-state index contributed by atoms with van der Waals surface area (Å²) in [5, 5.41) is 7.89. The van der Waals surface area contributed by atoms with Crippen molar-refractivity contribution >= 4 is 23.4 Å². The van der Waals surface area contributed by atoms with Crippen LogP contribution in [0.2, 0.25) is 0 Å². The van der Waals surface area contributed by atoms with Gasteiger partial charge in [-0.1, -0.05) is 72.8 Å². The van der Waals surface area contributed by atoms with Gasteiger partial charge < -0.3 is 16.0 Å². The van der Waals surface area contributed by atoms with Crippen LogP contribution in [-0.2, 0) is 22.7 Å². The average Bonchev–Trinajstić information content (AvgIpc) is 2.77. The van der Waals surface area contributed by atoms with Crippen molar-refractivity contribution in [3.05, 3.63) is 102 Å². The highest BCUT2D eigenvalue weighted by Gasteiger charge is 2.17. The third-order valence-electron chi connectivity index (χ3n) is 4.22. The van der Waals surface area contributed by atoms with Gasteiger partial charge in [-0.2, -0.15) is 0 Å². The Balaban J connectivity index is 1.59. The number of para-hydroxylation sites is 1. The third-order valence-corrected chi connectivity index (χ3v) is 4.22. The van der Waals surface area contributed by atoms with E-state index in [-0.39, 0.29) is 23.7 Å². The minimum absolute atomic E-state index is 0.242. The molecule has 0 saturated carbocycles. The predicted octanol–water partition coefficient (Wildman–Crippen LogP) is 2.87. The number of hydrogen-bond donors (Lipinski definition) is 3. The summed E-state index contributed by atoms with van der Waals surface area (Å²) in [6.07, 6.45) is 0. The molecule has 3 rings (SSSR count). The first-order valence-electron chi connectivity index (χ1n) is 9.18. The van der Waals surface area contributed by atoms with Gasteiger partial charge in [0.25, 0.3) is 5.91 Å². The Hall–Kier alpha value is -3.93. The van der Waals surface area contributed by atoms with Gasteiger partial charge in [-0.25, -0.2) is 0 Å². The van der Waals surface area contributed by atoms with Gasteiger partial charge in [0.05, 0.1) is 11.3 Å². The quantitative estimate of drug-likeness (QED) is 0.569. The number of hydrogen-bond acceptors (Lipinski definition) is 3. The van der Waals surface area contributed by atoms with Gasteiger partial charge in [0.15, 0.2) is 0 Å². The standard InChI is InChI=1S/C23H21N3O3/c27-21(24-15-17-9-3-1-4-10-17)19-13-7-8-14-20(19)26-23(29)22(28)25-16-18-11-5-2-6-12-18/h1-14H,15-16H2,(H,24,27)(H,25,28)(H,26,29). The van der Waals surface area contributed by atoms with Gasteiger partial charge in [-0.15, -0.1) is 0 Å². The van der Waals surface area contributed by atoms with Gasteiger partial charge in [0.1, 0.15) is 0 Å². The second-order valence-corrected chi connectivity index (χ2v) is 6.34. The highest BCUT2D eigenvalue weighted by molar-refractivity contribution is 6.40. The predicted molar refractivity (Wildman–Crippen MR) is 111 cm³/mol. The van der Waals surface area contributed by atoms with Gasteiger partial charge in [-0.05, 0) is 23.3 Å². The van der Waals surface area contributed by atoms with Crippen molar-refractivity contribution in [2.75, 3.05) is 5.32 Å². The molecule has 0 fully saturated rings. The van der Waals surface area contributed by atoms with E-state index in [1.54, 1.807) is 24.3 Å². The first-order chi connectivity index (χ1) is 14.1. The van der Waals surface area contributed by atoms with Crippen LogP contribution in [0.1, 0.15) is 21.5 Å². The van der Waals surface area contributed by atoms with Crippen LogP contribution in [0.5, 0.6) is 0 Å². The fourth-order valence-electron chi connectivity index (χ4n) is 2.70. The topological polar surface area (TPSA) is 87.3 Å². The fourth-order valence-corrected chi connectivity index (χ4v) is 2.70. The number of rotatable bonds is 6. The van der Waals surface area contributed by atoms with Crippen molar-refractivity contribution in [2.24, 2.45) is 0 Å². The van der Waals surface area contributed by atoms with Gasteiger partial charge >= 0.3 is 11.8 Å². The van der Waals surface area contributed by atoms with Crippen molar-refractivity contribution in [1.29, 1.82) is 0 Å². The number of carbonyl (C=O) groups excluding carboxylic acids is 3. The lowest BCUT2D eigenvalue weighted by Crippen LogP contribution is -2.35. The summed E-state index contributed by atoms with van der Waals surface area (Å²) in [4.78, 5) is 36.9. The molecule has 3 aromatic carbocycles. The third kappa shape index (κ3) is 5.77. The second-order valence-electron chi connectivity index (χ2n) is 6.34. The summed E-state index contributed by atoms with van der Waals surface area (Å²) in [7, 11) is 0. The zero-order chi connectivity index (χ0) is 20.5. The summed E-state index contributed by atoms with van der Waals surface area (Å²) < 4.78 is 0. The molecule has 0 radical (unpaired) electrons. The summed E-state index contributed by atoms with van der Waals surface area (Å²) in [5.41, 5.74) is 2.41. The van der Waals surface area contributed by atoms with E-state index in [4.69, 9.17) is 0 Å². The van der Waals surface area contributed by atoms with Crippen LogP contribution < -0.4 is 16.0 Å². The molecule has 0 saturated heterocycles. The zero-order valence-electron chi connectivity index (χ0n) is 15.7. The molecule has 3 N–H and O–H groups in total. The Labute approximate surface area is 169 Å². The molecular weight excluding hydrogens is 366 g/mol. The minimum Gasteiger partial charge on any atom is -0.348 e. The van der Waals surface area contributed by atoms with Crippen LogP contribution >= 0.6 is 0 Å². The maximum Gasteiger partial charge on any atom is 0.313 e. The monoisotopic (exact) mass is 387 g/mol. The summed E-state index contributed by atoms with van der Waals surface area (Å²) in [5.74, 6) is -1.94. The van der Waals surface area contributed by atoms with Crippen molar-refractivity contribution in [2.45, 2.75) is 13.1 Å². The van der Waals surface area contributed by atoms with Crippen LogP contribution in [0.4, 0.5) is 5.69 Å². The van der Waals surface area contributed by atoms with E-state index in [0.717, 1.165) is 11.1 Å². The molecule has 0 heterocycles. The molecule has 0 aliphatic rings. The van der Waals surface area contributed by atoms with E-state index >= 15 is 0 Å². The largest absolute Gasteiger partial charge is 0.348 e. The molecule has 29 heavy (non-hydrogen) atoms. The molecule has 0 aromatic heterocycles. The van der Waals surface area contributed by atoms with Crippen LogP contribution in [0.15, 0.2) is 84.9 Å². The summed E-state index contributed by atoms with van der Waals surface area (Å²) in [6.45, 7) is 0.603. The Bertz CT molecular complexity index is 989. The van der Waals surface area contributed by atoms with Crippen LogP contribution in [0.25, 0.3) is 0 Å². The molecule has 0 atom stereocenters. The van der Waals surface area contributed by atoms with E-state index in [1.165, 1.54) is 0 Å². The van der Waals surface area contributed by atoms with E-state index < -0.39 is 11.8 Å². The van der Waals surface area contributed by atoms with Crippen molar-refractivity contribution < 1.29 is 14.4 Å². The molecule has 0 aliphatic carbocycles. The maximum atomic E-state index is 12.5. The highest BCUT2D eigenvalue weighted by atomic mass is 16.2. The number of carbonyl (C=O) groups is 3. The summed E-state index contributed by atoms with van der Waals surface area (Å²) in [6, 6.07) is 25.3. The van der Waals surface area contributed by atoms with Crippen LogP contribution in [-0.4, -0.2) is 17.7 Å². The lowest BCUT2D eigenvalue weighted by atomic mass is 10.1. The Morgan fingerprint density at radius 1 is 0.586 bits per heavy atom. The highest BCUT2D eigenvalue weighted by Crippen LogP contribution is 2.15. The Kier molecular flexibility index (Phi) is 6.73. The molecule has 0 aliphatic heterocycles. The second kappa shape index (κ2) is 9.85. The van der Waals surface area contributed by atoms with Crippen molar-refractivity contribution in [3.8, 4) is 0 Å². The fraction of sp³-hybridized carbons (Fsp3) is 0.0870. The molecule has 3 aromatic rings.